The van der Waals surface area contributed by atoms with Gasteiger partial charge in [-0.3, -0.25) is 9.20 Å². The number of nitrogens with one attached hydrogen (secondary N) is 1. The maximum Gasteiger partial charge on any atom is 0.270 e. The summed E-state index contributed by atoms with van der Waals surface area (Å²) in [6.45, 7) is 5.37. The van der Waals surface area contributed by atoms with Gasteiger partial charge in [-0.1, -0.05) is 6.07 Å². The minimum atomic E-state index is -0.648. The van der Waals surface area contributed by atoms with Gasteiger partial charge in [0.1, 0.15) is 11.3 Å². The van der Waals surface area contributed by atoms with E-state index in [9.17, 15) is 4.79 Å². The third kappa shape index (κ3) is 2.36. The number of aliphatic hydroxyl groups is 1. The number of aromatic nitrogens is 2. The molecule has 2 aromatic rings. The SMILES string of the molecule is Cc1ccc2ncc(C(=O)NC(C)(C)CO)n2c1. The molecule has 0 saturated heterocycles. The average molecular weight is 247 g/mol. The van der Waals surface area contributed by atoms with Gasteiger partial charge >= 0.3 is 0 Å². The van der Waals surface area contributed by atoms with Gasteiger partial charge in [-0.2, -0.15) is 0 Å². The zero-order valence-corrected chi connectivity index (χ0v) is 10.8. The fraction of sp³-hybridized carbons (Fsp3) is 0.385. The molecule has 1 amide bonds. The Balaban J connectivity index is 2.36. The van der Waals surface area contributed by atoms with Gasteiger partial charge in [-0.05, 0) is 32.4 Å². The quantitative estimate of drug-likeness (QED) is 0.854. The maximum atomic E-state index is 12.1. The molecule has 2 rings (SSSR count). The second kappa shape index (κ2) is 4.42. The molecule has 0 spiro atoms. The van der Waals surface area contributed by atoms with E-state index in [1.54, 1.807) is 18.2 Å². The second-order valence-corrected chi connectivity index (χ2v) is 5.07. The molecule has 0 aromatic carbocycles. The summed E-state index contributed by atoms with van der Waals surface area (Å²) >= 11 is 0. The molecule has 5 nitrogen and oxygen atoms in total. The first-order chi connectivity index (χ1) is 8.43. The first-order valence-electron chi connectivity index (χ1n) is 5.80. The number of carbonyl (C=O) groups is 1. The Hall–Kier alpha value is -1.88. The maximum absolute atomic E-state index is 12.1. The predicted octanol–water partition coefficient (Wildman–Crippen LogP) is 1.14. The van der Waals surface area contributed by atoms with Crippen molar-refractivity contribution in [2.45, 2.75) is 26.3 Å². The van der Waals surface area contributed by atoms with Crippen molar-refractivity contribution in [1.82, 2.24) is 14.7 Å². The van der Waals surface area contributed by atoms with Crippen molar-refractivity contribution < 1.29 is 9.90 Å². The minimum Gasteiger partial charge on any atom is -0.394 e. The summed E-state index contributed by atoms with van der Waals surface area (Å²) in [7, 11) is 0. The lowest BCUT2D eigenvalue weighted by Crippen LogP contribution is -2.46. The molecule has 2 heterocycles. The van der Waals surface area contributed by atoms with Crippen LogP contribution < -0.4 is 5.32 Å². The lowest BCUT2D eigenvalue weighted by Gasteiger charge is -2.23. The molecular formula is C13H17N3O2. The van der Waals surface area contributed by atoms with E-state index in [0.29, 0.717) is 5.69 Å². The van der Waals surface area contributed by atoms with Crippen molar-refractivity contribution in [2.24, 2.45) is 0 Å². The number of fused-ring (bicyclic) bond motifs is 1. The largest absolute Gasteiger partial charge is 0.394 e. The molecule has 2 aromatic heterocycles. The molecule has 5 heteroatoms. The second-order valence-electron chi connectivity index (χ2n) is 5.07. The third-order valence-electron chi connectivity index (χ3n) is 2.73. The lowest BCUT2D eigenvalue weighted by molar-refractivity contribution is 0.0863. The van der Waals surface area contributed by atoms with Gasteiger partial charge in [0.15, 0.2) is 0 Å². The molecule has 0 saturated carbocycles. The highest BCUT2D eigenvalue weighted by Crippen LogP contribution is 2.10. The van der Waals surface area contributed by atoms with Crippen LogP contribution in [0.25, 0.3) is 5.65 Å². The number of rotatable bonds is 3. The van der Waals surface area contributed by atoms with Crippen molar-refractivity contribution in [1.29, 1.82) is 0 Å². The van der Waals surface area contributed by atoms with Crippen LogP contribution in [0.3, 0.4) is 0 Å². The van der Waals surface area contributed by atoms with Crippen molar-refractivity contribution >= 4 is 11.6 Å². The molecule has 0 aliphatic carbocycles. The van der Waals surface area contributed by atoms with Crippen LogP contribution in [0.15, 0.2) is 24.5 Å². The Kier molecular flexibility index (Phi) is 3.09. The Morgan fingerprint density at radius 3 is 2.89 bits per heavy atom. The molecule has 0 bridgehead atoms. The molecule has 18 heavy (non-hydrogen) atoms. The molecule has 0 aliphatic heterocycles. The molecular weight excluding hydrogens is 230 g/mol. The highest BCUT2D eigenvalue weighted by molar-refractivity contribution is 5.93. The van der Waals surface area contributed by atoms with E-state index in [0.717, 1.165) is 11.2 Å². The summed E-state index contributed by atoms with van der Waals surface area (Å²) in [5, 5.41) is 11.9. The van der Waals surface area contributed by atoms with Gasteiger partial charge in [0.25, 0.3) is 5.91 Å². The highest BCUT2D eigenvalue weighted by atomic mass is 16.3. The van der Waals surface area contributed by atoms with Gasteiger partial charge in [-0.25, -0.2) is 4.98 Å². The van der Waals surface area contributed by atoms with Gasteiger partial charge < -0.3 is 10.4 Å². The summed E-state index contributed by atoms with van der Waals surface area (Å²) in [6, 6.07) is 3.81. The van der Waals surface area contributed by atoms with Gasteiger partial charge in [0.05, 0.1) is 18.3 Å². The van der Waals surface area contributed by atoms with Crippen molar-refractivity contribution in [3.8, 4) is 0 Å². The van der Waals surface area contributed by atoms with Crippen LogP contribution in [-0.4, -0.2) is 32.5 Å². The van der Waals surface area contributed by atoms with Gasteiger partial charge in [-0.15, -0.1) is 0 Å². The summed E-state index contributed by atoms with van der Waals surface area (Å²) in [6.07, 6.45) is 3.40. The van der Waals surface area contributed by atoms with E-state index in [2.05, 4.69) is 10.3 Å². The van der Waals surface area contributed by atoms with Crippen LogP contribution in [-0.2, 0) is 0 Å². The van der Waals surface area contributed by atoms with Crippen LogP contribution in [0.2, 0.25) is 0 Å². The van der Waals surface area contributed by atoms with Crippen LogP contribution >= 0.6 is 0 Å². The molecule has 0 aliphatic rings. The summed E-state index contributed by atoms with van der Waals surface area (Å²) in [5.41, 5.74) is 1.60. The fourth-order valence-corrected chi connectivity index (χ4v) is 1.67. The molecule has 0 atom stereocenters. The Morgan fingerprint density at radius 2 is 2.22 bits per heavy atom. The normalized spacial score (nSPS) is 11.8. The van der Waals surface area contributed by atoms with Crippen LogP contribution in [0.4, 0.5) is 0 Å². The number of pyridine rings is 1. The predicted molar refractivity (Wildman–Crippen MR) is 68.6 cm³/mol. The first-order valence-corrected chi connectivity index (χ1v) is 5.80. The molecule has 0 fully saturated rings. The summed E-state index contributed by atoms with van der Waals surface area (Å²) in [4.78, 5) is 16.3. The standard InChI is InChI=1S/C13H17N3O2/c1-9-4-5-11-14-6-10(16(11)7-9)12(18)15-13(2,3)8-17/h4-7,17H,8H2,1-3H3,(H,15,18). The number of hydrogen-bond acceptors (Lipinski definition) is 3. The van der Waals surface area contributed by atoms with Crippen LogP contribution in [0, 0.1) is 6.92 Å². The Labute approximate surface area is 105 Å². The van der Waals surface area contributed by atoms with E-state index >= 15 is 0 Å². The monoisotopic (exact) mass is 247 g/mol. The molecule has 2 N–H and O–H groups in total. The number of aryl methyl sites for hydroxylation is 1. The topological polar surface area (TPSA) is 66.6 Å². The number of hydrogen-bond donors (Lipinski definition) is 2. The van der Waals surface area contributed by atoms with E-state index < -0.39 is 5.54 Å². The lowest BCUT2D eigenvalue weighted by atomic mass is 10.1. The zero-order chi connectivity index (χ0) is 13.3. The number of imidazole rings is 1. The van der Waals surface area contributed by atoms with E-state index in [1.165, 1.54) is 6.20 Å². The Morgan fingerprint density at radius 1 is 1.50 bits per heavy atom. The first kappa shape index (κ1) is 12.6. The van der Waals surface area contributed by atoms with Crippen LogP contribution in [0.5, 0.6) is 0 Å². The number of aliphatic hydroxyl groups excluding tert-OH is 1. The number of amides is 1. The van der Waals surface area contributed by atoms with E-state index in [4.69, 9.17) is 5.11 Å². The van der Waals surface area contributed by atoms with Crippen molar-refractivity contribution in [3.63, 3.8) is 0 Å². The van der Waals surface area contributed by atoms with E-state index in [1.807, 2.05) is 25.3 Å². The summed E-state index contributed by atoms with van der Waals surface area (Å²) in [5.74, 6) is -0.243. The zero-order valence-electron chi connectivity index (χ0n) is 10.8. The van der Waals surface area contributed by atoms with Crippen molar-refractivity contribution in [3.05, 3.63) is 35.8 Å². The average Bonchev–Trinajstić information content (AvgIpc) is 2.71. The minimum absolute atomic E-state index is 0.117. The van der Waals surface area contributed by atoms with Crippen molar-refractivity contribution in [2.75, 3.05) is 6.61 Å². The fourth-order valence-electron chi connectivity index (χ4n) is 1.67. The molecule has 0 unspecified atom stereocenters. The van der Waals surface area contributed by atoms with Gasteiger partial charge in [0.2, 0.25) is 0 Å². The number of carbonyl (C=O) groups excluding carboxylic acids is 1. The van der Waals surface area contributed by atoms with E-state index in [-0.39, 0.29) is 12.5 Å². The smallest absolute Gasteiger partial charge is 0.270 e. The molecule has 96 valence electrons. The highest BCUT2D eigenvalue weighted by Gasteiger charge is 2.22. The third-order valence-corrected chi connectivity index (χ3v) is 2.73. The van der Waals surface area contributed by atoms with Gasteiger partial charge in [0, 0.05) is 6.20 Å². The Bertz CT molecular complexity index is 587. The molecule has 0 radical (unpaired) electrons. The number of nitrogens with zero attached hydrogens (tertiary/aromatic N) is 2. The summed E-state index contributed by atoms with van der Waals surface area (Å²) < 4.78 is 1.75. The van der Waals surface area contributed by atoms with Crippen LogP contribution in [0.1, 0.15) is 29.9 Å².